The molecule has 104 valence electrons. The molecule has 0 saturated carbocycles. The van der Waals surface area contributed by atoms with E-state index in [1.807, 2.05) is 13.8 Å². The molecule has 3 heteroatoms. The Balaban J connectivity index is 2.04. The predicted molar refractivity (Wildman–Crippen MR) is 80.3 cm³/mol. The highest BCUT2D eigenvalue weighted by Crippen LogP contribution is 2.38. The second-order valence-corrected chi connectivity index (χ2v) is 5.88. The lowest BCUT2D eigenvalue weighted by molar-refractivity contribution is 0.459. The number of hydrogen-bond acceptors (Lipinski definition) is 3. The van der Waals surface area contributed by atoms with Gasteiger partial charge >= 0.3 is 0 Å². The Morgan fingerprint density at radius 1 is 1.10 bits per heavy atom. The molecule has 3 aromatic rings. The van der Waals surface area contributed by atoms with Gasteiger partial charge in [0.25, 0.3) is 0 Å². The minimum Gasteiger partial charge on any atom is -0.461 e. The topological polar surface area (TPSA) is 38.3 Å². The zero-order chi connectivity index (χ0) is 13.7. The maximum atomic E-state index is 6.00. The van der Waals surface area contributed by atoms with E-state index in [1.165, 1.54) is 23.8 Å². The first-order valence-electron chi connectivity index (χ1n) is 7.36. The first kappa shape index (κ1) is 12.0. The fraction of sp³-hybridized carbons (Fsp3) is 0.412. The molecule has 4 rings (SSSR count). The normalized spacial score (nSPS) is 20.0. The monoisotopic (exact) mass is 269 g/mol. The zero-order valence-electron chi connectivity index (χ0n) is 12.0. The molecular weight excluding hydrogens is 250 g/mol. The highest BCUT2D eigenvalue weighted by molar-refractivity contribution is 5.98. The van der Waals surface area contributed by atoms with Gasteiger partial charge in [-0.15, -0.1) is 0 Å². The summed E-state index contributed by atoms with van der Waals surface area (Å²) in [6.07, 6.45) is 2.43. The van der Waals surface area contributed by atoms with Crippen LogP contribution in [0.2, 0.25) is 0 Å². The minimum atomic E-state index is 0.512. The second-order valence-electron chi connectivity index (χ2n) is 5.88. The van der Waals surface area contributed by atoms with E-state index in [2.05, 4.69) is 23.5 Å². The maximum absolute atomic E-state index is 6.00. The fourth-order valence-electron chi connectivity index (χ4n) is 3.47. The van der Waals surface area contributed by atoms with Crippen molar-refractivity contribution in [2.75, 3.05) is 13.1 Å². The smallest absolute Gasteiger partial charge is 0.138 e. The van der Waals surface area contributed by atoms with Crippen molar-refractivity contribution in [1.82, 2.24) is 5.32 Å². The fourth-order valence-corrected chi connectivity index (χ4v) is 3.47. The van der Waals surface area contributed by atoms with Crippen molar-refractivity contribution in [3.63, 3.8) is 0 Å². The Hall–Kier alpha value is -1.74. The standard InChI is InChI=1S/C17H19NO2/c1-10-6-13-8-15-14(7-11(2)19-15)16(17(13)20-10)12-4-3-5-18-9-12/h6-8,12,18H,3-5,9H2,1-2H3. The van der Waals surface area contributed by atoms with Crippen molar-refractivity contribution < 1.29 is 8.83 Å². The van der Waals surface area contributed by atoms with Gasteiger partial charge in [-0.05, 0) is 51.4 Å². The van der Waals surface area contributed by atoms with Crippen molar-refractivity contribution in [3.05, 3.63) is 35.3 Å². The Bertz CT molecular complexity index is 720. The van der Waals surface area contributed by atoms with Gasteiger partial charge in [-0.2, -0.15) is 0 Å². The summed E-state index contributed by atoms with van der Waals surface area (Å²) < 4.78 is 11.9. The molecule has 1 fully saturated rings. The van der Waals surface area contributed by atoms with Crippen LogP contribution in [0.25, 0.3) is 21.9 Å². The summed E-state index contributed by atoms with van der Waals surface area (Å²) in [5.41, 5.74) is 3.36. The Morgan fingerprint density at radius 3 is 2.75 bits per heavy atom. The van der Waals surface area contributed by atoms with Crippen LogP contribution in [0.1, 0.15) is 35.8 Å². The third-order valence-electron chi connectivity index (χ3n) is 4.29. The number of nitrogens with one attached hydrogen (secondary N) is 1. The molecule has 1 N–H and O–H groups in total. The molecule has 0 spiro atoms. The van der Waals surface area contributed by atoms with E-state index in [0.717, 1.165) is 41.2 Å². The van der Waals surface area contributed by atoms with Crippen LogP contribution in [0.4, 0.5) is 0 Å². The Kier molecular flexibility index (Phi) is 2.64. The number of benzene rings is 1. The van der Waals surface area contributed by atoms with Crippen LogP contribution in [-0.4, -0.2) is 13.1 Å². The first-order chi connectivity index (χ1) is 9.72. The number of fused-ring (bicyclic) bond motifs is 2. The van der Waals surface area contributed by atoms with Crippen molar-refractivity contribution in [3.8, 4) is 0 Å². The summed E-state index contributed by atoms with van der Waals surface area (Å²) in [5, 5.41) is 5.88. The van der Waals surface area contributed by atoms with Crippen molar-refractivity contribution in [1.29, 1.82) is 0 Å². The number of aryl methyl sites for hydroxylation is 2. The van der Waals surface area contributed by atoms with Crippen LogP contribution >= 0.6 is 0 Å². The van der Waals surface area contributed by atoms with E-state index in [4.69, 9.17) is 8.83 Å². The molecule has 20 heavy (non-hydrogen) atoms. The molecule has 3 heterocycles. The molecule has 1 aliphatic rings. The van der Waals surface area contributed by atoms with Gasteiger partial charge in [0.2, 0.25) is 0 Å². The van der Waals surface area contributed by atoms with E-state index in [1.54, 1.807) is 0 Å². The zero-order valence-corrected chi connectivity index (χ0v) is 12.0. The quantitative estimate of drug-likeness (QED) is 0.717. The van der Waals surface area contributed by atoms with Crippen LogP contribution < -0.4 is 5.32 Å². The van der Waals surface area contributed by atoms with Gasteiger partial charge in [0.05, 0.1) is 0 Å². The van der Waals surface area contributed by atoms with Gasteiger partial charge in [0.15, 0.2) is 0 Å². The van der Waals surface area contributed by atoms with Gasteiger partial charge in [-0.3, -0.25) is 0 Å². The van der Waals surface area contributed by atoms with Gasteiger partial charge in [-0.25, -0.2) is 0 Å². The second kappa shape index (κ2) is 4.38. The SMILES string of the molecule is Cc1cc2c(C3CCCNC3)c3oc(C)cc3cc2o1. The molecule has 0 bridgehead atoms. The van der Waals surface area contributed by atoms with Crippen LogP contribution in [0.5, 0.6) is 0 Å². The highest BCUT2D eigenvalue weighted by atomic mass is 16.3. The average molecular weight is 269 g/mol. The molecule has 1 atom stereocenters. The van der Waals surface area contributed by atoms with Crippen molar-refractivity contribution in [2.24, 2.45) is 0 Å². The van der Waals surface area contributed by atoms with E-state index in [-0.39, 0.29) is 0 Å². The summed E-state index contributed by atoms with van der Waals surface area (Å²) >= 11 is 0. The Morgan fingerprint density at radius 2 is 1.95 bits per heavy atom. The van der Waals surface area contributed by atoms with Crippen molar-refractivity contribution in [2.45, 2.75) is 32.6 Å². The largest absolute Gasteiger partial charge is 0.461 e. The molecule has 2 aromatic heterocycles. The van der Waals surface area contributed by atoms with Crippen LogP contribution in [0.3, 0.4) is 0 Å². The van der Waals surface area contributed by atoms with E-state index >= 15 is 0 Å². The van der Waals surface area contributed by atoms with Crippen LogP contribution in [0, 0.1) is 13.8 Å². The average Bonchev–Trinajstić information content (AvgIpc) is 2.97. The van der Waals surface area contributed by atoms with E-state index in [0.29, 0.717) is 5.92 Å². The lowest BCUT2D eigenvalue weighted by Crippen LogP contribution is -2.28. The predicted octanol–water partition coefficient (Wildman–Crippen LogP) is 4.26. The van der Waals surface area contributed by atoms with Gasteiger partial charge in [0, 0.05) is 28.8 Å². The number of piperidine rings is 1. The van der Waals surface area contributed by atoms with Crippen LogP contribution in [0.15, 0.2) is 27.0 Å². The first-order valence-corrected chi connectivity index (χ1v) is 7.36. The third kappa shape index (κ3) is 1.77. The molecule has 0 amide bonds. The molecule has 1 unspecified atom stereocenters. The lowest BCUT2D eigenvalue weighted by Gasteiger charge is -2.23. The highest BCUT2D eigenvalue weighted by Gasteiger charge is 2.23. The molecule has 0 aliphatic carbocycles. The third-order valence-corrected chi connectivity index (χ3v) is 4.29. The van der Waals surface area contributed by atoms with Crippen molar-refractivity contribution >= 4 is 21.9 Å². The minimum absolute atomic E-state index is 0.512. The van der Waals surface area contributed by atoms with Gasteiger partial charge in [0.1, 0.15) is 22.7 Å². The number of rotatable bonds is 1. The summed E-state index contributed by atoms with van der Waals surface area (Å²) in [5.74, 6) is 2.45. The summed E-state index contributed by atoms with van der Waals surface area (Å²) in [7, 11) is 0. The lowest BCUT2D eigenvalue weighted by atomic mass is 9.88. The molecule has 1 aromatic carbocycles. The molecule has 1 aliphatic heterocycles. The maximum Gasteiger partial charge on any atom is 0.138 e. The van der Waals surface area contributed by atoms with E-state index < -0.39 is 0 Å². The van der Waals surface area contributed by atoms with E-state index in [9.17, 15) is 0 Å². The molecule has 0 radical (unpaired) electrons. The van der Waals surface area contributed by atoms with Crippen LogP contribution in [-0.2, 0) is 0 Å². The Labute approximate surface area is 117 Å². The summed E-state index contributed by atoms with van der Waals surface area (Å²) in [6.45, 7) is 6.17. The van der Waals surface area contributed by atoms with Gasteiger partial charge < -0.3 is 14.2 Å². The summed E-state index contributed by atoms with van der Waals surface area (Å²) in [6, 6.07) is 6.36. The molecule has 3 nitrogen and oxygen atoms in total. The number of hydrogen-bond donors (Lipinski definition) is 1. The van der Waals surface area contributed by atoms with Gasteiger partial charge in [-0.1, -0.05) is 0 Å². The number of furan rings is 2. The molecule has 1 saturated heterocycles. The molecular formula is C17H19NO2. The summed E-state index contributed by atoms with van der Waals surface area (Å²) in [4.78, 5) is 0.